The van der Waals surface area contributed by atoms with Gasteiger partial charge in [-0.25, -0.2) is 9.97 Å². The molecule has 7 rings (SSSR count). The maximum Gasteiger partial charge on any atom is 0.262 e. The number of pyridine rings is 2. The molecule has 3 aromatic heterocycles. The van der Waals surface area contributed by atoms with E-state index < -0.39 is 0 Å². The number of carbonyl (C=O) groups is 1. The third-order valence-corrected chi connectivity index (χ3v) is 10.0. The van der Waals surface area contributed by atoms with Crippen molar-refractivity contribution >= 4 is 34.8 Å². The first-order valence-corrected chi connectivity index (χ1v) is 17.1. The molecular weight excluding hydrogens is 663 g/mol. The van der Waals surface area contributed by atoms with Crippen molar-refractivity contribution in [1.82, 2.24) is 29.9 Å². The Morgan fingerprint density at radius 3 is 2.45 bits per heavy atom. The Balaban J connectivity index is 1.14. The van der Waals surface area contributed by atoms with Crippen molar-refractivity contribution in [2.45, 2.75) is 44.5 Å². The van der Waals surface area contributed by atoms with E-state index in [2.05, 4.69) is 20.5 Å². The number of aliphatic hydroxyl groups is 1. The number of ether oxygens (including phenoxy) is 1. The number of aliphatic hydroxyl groups excluding tert-OH is 1. The Hall–Kier alpha value is -4.32. The van der Waals surface area contributed by atoms with E-state index in [0.29, 0.717) is 65.4 Å². The molecule has 0 unspecified atom stereocenters. The number of likely N-dealkylation sites (tertiary alicyclic amines) is 1. The van der Waals surface area contributed by atoms with Gasteiger partial charge in [0.05, 0.1) is 29.0 Å². The molecule has 0 radical (unpaired) electrons. The van der Waals surface area contributed by atoms with Crippen LogP contribution in [0.15, 0.2) is 77.9 Å². The van der Waals surface area contributed by atoms with E-state index in [1.807, 2.05) is 60.7 Å². The highest BCUT2D eigenvalue weighted by Crippen LogP contribution is 2.42. The third-order valence-electron chi connectivity index (χ3n) is 9.22. The fourth-order valence-electron chi connectivity index (χ4n) is 6.63. The van der Waals surface area contributed by atoms with Crippen molar-refractivity contribution in [1.29, 1.82) is 0 Å². The zero-order chi connectivity index (χ0) is 34.1. The summed E-state index contributed by atoms with van der Waals surface area (Å²) in [5, 5.41) is 17.1. The molecule has 0 spiro atoms. The Bertz CT molecular complexity index is 2100. The van der Waals surface area contributed by atoms with Crippen molar-refractivity contribution in [2.75, 3.05) is 26.7 Å². The molecule has 0 saturated carbocycles. The summed E-state index contributed by atoms with van der Waals surface area (Å²) in [7, 11) is 1.60. The van der Waals surface area contributed by atoms with Crippen LogP contribution < -0.4 is 20.9 Å². The molecule has 0 aliphatic carbocycles. The number of nitrogens with zero attached hydrogens (tertiary/aromatic N) is 4. The number of methoxy groups -OCH3 is 1. The average Bonchev–Trinajstić information content (AvgIpc) is 3.72. The Kier molecular flexibility index (Phi) is 9.66. The van der Waals surface area contributed by atoms with Crippen LogP contribution in [-0.2, 0) is 17.9 Å². The maximum absolute atomic E-state index is 13.2. The van der Waals surface area contributed by atoms with Crippen molar-refractivity contribution in [3.63, 3.8) is 0 Å². The van der Waals surface area contributed by atoms with E-state index in [1.165, 1.54) is 4.40 Å². The van der Waals surface area contributed by atoms with Crippen LogP contribution in [0.4, 0.5) is 0 Å². The molecule has 2 fully saturated rings. The lowest BCUT2D eigenvalue weighted by Crippen LogP contribution is -2.36. The SMILES string of the molecule is COc1nc(-c2cccc(-c3cccc(-c4ccn5c(=O)c(CNC[C@H]6CCC(=O)N6)cnc5c4)c3Cl)c2Cl)ccc1CN1CC[C@H](O)C1. The van der Waals surface area contributed by atoms with Gasteiger partial charge in [0.1, 0.15) is 5.65 Å². The third kappa shape index (κ3) is 6.92. The number of rotatable bonds is 10. The molecule has 5 aromatic rings. The number of hydrogen-bond donors (Lipinski definition) is 3. The summed E-state index contributed by atoms with van der Waals surface area (Å²) in [6.45, 7) is 3.05. The van der Waals surface area contributed by atoms with E-state index in [9.17, 15) is 14.7 Å². The molecule has 2 atom stereocenters. The number of benzene rings is 2. The maximum atomic E-state index is 13.2. The van der Waals surface area contributed by atoms with Gasteiger partial charge in [0.2, 0.25) is 11.8 Å². The van der Waals surface area contributed by atoms with Crippen LogP contribution in [0.25, 0.3) is 39.2 Å². The van der Waals surface area contributed by atoms with Gasteiger partial charge in [0, 0.05) is 91.0 Å². The van der Waals surface area contributed by atoms with Crippen LogP contribution in [0.3, 0.4) is 0 Å². The summed E-state index contributed by atoms with van der Waals surface area (Å²) < 4.78 is 7.19. The molecule has 5 heterocycles. The molecule has 252 valence electrons. The van der Waals surface area contributed by atoms with Crippen LogP contribution in [-0.4, -0.2) is 69.2 Å². The number of aromatic nitrogens is 3. The zero-order valence-electron chi connectivity index (χ0n) is 27.0. The lowest BCUT2D eigenvalue weighted by Gasteiger charge is -2.18. The highest BCUT2D eigenvalue weighted by atomic mass is 35.5. The molecule has 2 aliphatic rings. The summed E-state index contributed by atoms with van der Waals surface area (Å²) in [5.74, 6) is 0.583. The lowest BCUT2D eigenvalue weighted by molar-refractivity contribution is -0.119. The largest absolute Gasteiger partial charge is 0.481 e. The second kappa shape index (κ2) is 14.3. The normalized spacial score (nSPS) is 17.9. The summed E-state index contributed by atoms with van der Waals surface area (Å²) >= 11 is 14.2. The van der Waals surface area contributed by atoms with Crippen molar-refractivity contribution in [3.05, 3.63) is 105 Å². The van der Waals surface area contributed by atoms with Gasteiger partial charge in [-0.15, -0.1) is 0 Å². The molecule has 3 N–H and O–H groups in total. The first-order chi connectivity index (χ1) is 23.8. The topological polar surface area (TPSA) is 121 Å². The second-order valence-corrected chi connectivity index (χ2v) is 13.3. The summed E-state index contributed by atoms with van der Waals surface area (Å²) in [4.78, 5) is 36.3. The number of fused-ring (bicyclic) bond motifs is 1. The monoisotopic (exact) mass is 698 g/mol. The van der Waals surface area contributed by atoms with Gasteiger partial charge in [0.25, 0.3) is 5.56 Å². The minimum atomic E-state index is -0.298. The highest BCUT2D eigenvalue weighted by molar-refractivity contribution is 6.39. The minimum absolute atomic E-state index is 0.0632. The number of halogens is 2. The fraction of sp³-hybridized carbons (Fsp3) is 0.297. The number of β-amino-alcohol motifs (C(OH)–C–C–N with tert-alkyl or cyclic N) is 1. The van der Waals surface area contributed by atoms with E-state index in [-0.39, 0.29) is 23.6 Å². The first-order valence-electron chi connectivity index (χ1n) is 16.3. The van der Waals surface area contributed by atoms with Gasteiger partial charge >= 0.3 is 0 Å². The van der Waals surface area contributed by atoms with Gasteiger partial charge < -0.3 is 20.5 Å². The number of amides is 1. The van der Waals surface area contributed by atoms with Crippen molar-refractivity contribution < 1.29 is 14.6 Å². The predicted octanol–water partition coefficient (Wildman–Crippen LogP) is 5.34. The van der Waals surface area contributed by atoms with Crippen LogP contribution in [0.5, 0.6) is 5.88 Å². The Morgan fingerprint density at radius 2 is 1.73 bits per heavy atom. The molecule has 10 nitrogen and oxygen atoms in total. The predicted molar refractivity (Wildman–Crippen MR) is 191 cm³/mol. The molecule has 0 bridgehead atoms. The number of nitrogens with one attached hydrogen (secondary N) is 2. The standard InChI is InChI=1S/C37H36Cl2N6O4/c1-49-36-23(20-44-14-13-26(46)21-44)8-10-31(43-36)30-7-3-6-29(35(30)39)28-5-2-4-27(34(28)38)22-12-15-45-32(16-22)41-18-24(37(45)48)17-40-19-25-9-11-33(47)42-25/h2-8,10,12,15-16,18,25-26,40,46H,9,11,13-14,17,19-21H2,1H3,(H,42,47)/t25-,26+/m1/s1. The van der Waals surface area contributed by atoms with Gasteiger partial charge in [-0.1, -0.05) is 65.7 Å². The van der Waals surface area contributed by atoms with E-state index in [4.69, 9.17) is 32.9 Å². The zero-order valence-corrected chi connectivity index (χ0v) is 28.5. The van der Waals surface area contributed by atoms with E-state index in [0.717, 1.165) is 52.8 Å². The summed E-state index contributed by atoms with van der Waals surface area (Å²) in [6.07, 6.45) is 5.10. The molecule has 2 aliphatic heterocycles. The average molecular weight is 700 g/mol. The molecule has 49 heavy (non-hydrogen) atoms. The molecule has 2 saturated heterocycles. The minimum Gasteiger partial charge on any atom is -0.481 e. The van der Waals surface area contributed by atoms with Crippen LogP contribution >= 0.6 is 23.2 Å². The molecule has 1 amide bonds. The van der Waals surface area contributed by atoms with Crippen molar-refractivity contribution in [2.24, 2.45) is 0 Å². The lowest BCUT2D eigenvalue weighted by atomic mass is 9.97. The Morgan fingerprint density at radius 1 is 0.980 bits per heavy atom. The van der Waals surface area contributed by atoms with Crippen LogP contribution in [0, 0.1) is 0 Å². The number of carbonyl (C=O) groups excluding carboxylic acids is 1. The second-order valence-electron chi connectivity index (χ2n) is 12.5. The quantitative estimate of drug-likeness (QED) is 0.179. The number of hydrogen-bond acceptors (Lipinski definition) is 8. The van der Waals surface area contributed by atoms with Crippen LogP contribution in [0.1, 0.15) is 30.4 Å². The molecule has 2 aromatic carbocycles. The molecular formula is C37H36Cl2N6O4. The van der Waals surface area contributed by atoms with E-state index >= 15 is 0 Å². The molecule has 12 heteroatoms. The smallest absolute Gasteiger partial charge is 0.262 e. The van der Waals surface area contributed by atoms with E-state index in [1.54, 1.807) is 19.5 Å². The van der Waals surface area contributed by atoms with Crippen LogP contribution in [0.2, 0.25) is 10.0 Å². The highest BCUT2D eigenvalue weighted by Gasteiger charge is 2.23. The fourth-order valence-corrected chi connectivity index (χ4v) is 7.29. The summed E-state index contributed by atoms with van der Waals surface area (Å²) in [5.41, 5.74) is 6.34. The van der Waals surface area contributed by atoms with Gasteiger partial charge in [0.15, 0.2) is 0 Å². The van der Waals surface area contributed by atoms with Gasteiger partial charge in [-0.3, -0.25) is 18.9 Å². The van der Waals surface area contributed by atoms with Crippen molar-refractivity contribution in [3.8, 4) is 39.4 Å². The van der Waals surface area contributed by atoms with Gasteiger partial charge in [-0.2, -0.15) is 0 Å². The Labute approximate surface area is 293 Å². The first kappa shape index (κ1) is 33.2. The summed E-state index contributed by atoms with van der Waals surface area (Å²) in [6, 6.07) is 19.3. The van der Waals surface area contributed by atoms with Gasteiger partial charge in [-0.05, 0) is 36.6 Å².